The second kappa shape index (κ2) is 5.54. The van der Waals surface area contributed by atoms with Crippen LogP contribution in [-0.2, 0) is 0 Å². The SMILES string of the molecule is NC(=S)c1ccnnc1N1CCC(c2ccccc2)C1. The maximum atomic E-state index is 5.76. The predicted octanol–water partition coefficient (Wildman–Crippen LogP) is 2.10. The van der Waals surface area contributed by atoms with Gasteiger partial charge in [0.1, 0.15) is 4.99 Å². The van der Waals surface area contributed by atoms with E-state index in [0.29, 0.717) is 10.9 Å². The minimum absolute atomic E-state index is 0.373. The molecular formula is C15H16N4S. The Morgan fingerprint density at radius 3 is 2.80 bits per heavy atom. The van der Waals surface area contributed by atoms with Crippen LogP contribution in [0.3, 0.4) is 0 Å². The van der Waals surface area contributed by atoms with Crippen molar-refractivity contribution in [2.75, 3.05) is 18.0 Å². The molecule has 5 heteroatoms. The highest BCUT2D eigenvalue weighted by Gasteiger charge is 2.26. The smallest absolute Gasteiger partial charge is 0.161 e. The molecule has 3 rings (SSSR count). The van der Waals surface area contributed by atoms with E-state index < -0.39 is 0 Å². The minimum atomic E-state index is 0.373. The van der Waals surface area contributed by atoms with Crippen molar-refractivity contribution in [2.45, 2.75) is 12.3 Å². The zero-order valence-electron chi connectivity index (χ0n) is 11.1. The van der Waals surface area contributed by atoms with E-state index in [2.05, 4.69) is 39.4 Å². The van der Waals surface area contributed by atoms with Gasteiger partial charge in [0.15, 0.2) is 5.82 Å². The fourth-order valence-electron chi connectivity index (χ4n) is 2.70. The molecule has 1 atom stereocenters. The van der Waals surface area contributed by atoms with Crippen molar-refractivity contribution >= 4 is 23.0 Å². The highest BCUT2D eigenvalue weighted by atomic mass is 32.1. The van der Waals surface area contributed by atoms with Crippen LogP contribution in [0.15, 0.2) is 42.6 Å². The molecule has 0 radical (unpaired) electrons. The Balaban J connectivity index is 1.83. The van der Waals surface area contributed by atoms with E-state index in [-0.39, 0.29) is 0 Å². The molecule has 0 amide bonds. The molecule has 2 heterocycles. The Hall–Kier alpha value is -2.01. The largest absolute Gasteiger partial charge is 0.389 e. The van der Waals surface area contributed by atoms with Crippen molar-refractivity contribution < 1.29 is 0 Å². The van der Waals surface area contributed by atoms with Crippen molar-refractivity contribution in [1.29, 1.82) is 0 Å². The lowest BCUT2D eigenvalue weighted by Crippen LogP contribution is -2.25. The summed E-state index contributed by atoms with van der Waals surface area (Å²) in [7, 11) is 0. The molecule has 2 aromatic rings. The molecule has 4 nitrogen and oxygen atoms in total. The molecule has 0 bridgehead atoms. The van der Waals surface area contributed by atoms with Crippen molar-refractivity contribution in [3.05, 3.63) is 53.7 Å². The Kier molecular flexibility index (Phi) is 3.60. The van der Waals surface area contributed by atoms with Crippen molar-refractivity contribution in [3.63, 3.8) is 0 Å². The monoisotopic (exact) mass is 284 g/mol. The Morgan fingerprint density at radius 2 is 2.05 bits per heavy atom. The predicted molar refractivity (Wildman–Crippen MR) is 83.9 cm³/mol. The lowest BCUT2D eigenvalue weighted by molar-refractivity contribution is 0.773. The topological polar surface area (TPSA) is 55.0 Å². The normalized spacial score (nSPS) is 18.2. The Labute approximate surface area is 123 Å². The van der Waals surface area contributed by atoms with Crippen LogP contribution in [-0.4, -0.2) is 28.3 Å². The third-order valence-electron chi connectivity index (χ3n) is 3.73. The maximum Gasteiger partial charge on any atom is 0.161 e. The molecule has 102 valence electrons. The van der Waals surface area contributed by atoms with Gasteiger partial charge < -0.3 is 10.6 Å². The maximum absolute atomic E-state index is 5.76. The summed E-state index contributed by atoms with van der Waals surface area (Å²) in [5, 5.41) is 8.18. The quantitative estimate of drug-likeness (QED) is 0.875. The van der Waals surface area contributed by atoms with Crippen LogP contribution < -0.4 is 10.6 Å². The summed E-state index contributed by atoms with van der Waals surface area (Å²) in [4.78, 5) is 2.59. The molecule has 2 N–H and O–H groups in total. The molecule has 1 fully saturated rings. The van der Waals surface area contributed by atoms with E-state index in [9.17, 15) is 0 Å². The van der Waals surface area contributed by atoms with E-state index in [1.807, 2.05) is 12.1 Å². The number of nitrogens with zero attached hydrogens (tertiary/aromatic N) is 3. The molecule has 1 unspecified atom stereocenters. The van der Waals surface area contributed by atoms with Gasteiger partial charge in [-0.2, -0.15) is 5.10 Å². The molecule has 1 aliphatic rings. The first-order chi connectivity index (χ1) is 9.75. The van der Waals surface area contributed by atoms with Gasteiger partial charge in [0.05, 0.1) is 11.8 Å². The molecule has 1 aliphatic heterocycles. The van der Waals surface area contributed by atoms with Gasteiger partial charge in [-0.25, -0.2) is 0 Å². The zero-order chi connectivity index (χ0) is 13.9. The molecular weight excluding hydrogens is 268 g/mol. The van der Waals surface area contributed by atoms with Gasteiger partial charge in [0, 0.05) is 19.0 Å². The highest BCUT2D eigenvalue weighted by molar-refractivity contribution is 7.80. The number of aromatic nitrogens is 2. The van der Waals surface area contributed by atoms with E-state index >= 15 is 0 Å². The molecule has 0 aliphatic carbocycles. The van der Waals surface area contributed by atoms with Gasteiger partial charge >= 0.3 is 0 Å². The van der Waals surface area contributed by atoms with E-state index in [1.54, 1.807) is 6.20 Å². The van der Waals surface area contributed by atoms with Gasteiger partial charge in [0.2, 0.25) is 0 Å². The fourth-order valence-corrected chi connectivity index (χ4v) is 2.86. The summed E-state index contributed by atoms with van der Waals surface area (Å²) in [6.45, 7) is 1.88. The van der Waals surface area contributed by atoms with Gasteiger partial charge in [0.25, 0.3) is 0 Å². The summed E-state index contributed by atoms with van der Waals surface area (Å²) in [5.41, 5.74) is 7.95. The van der Waals surface area contributed by atoms with Crippen molar-refractivity contribution in [3.8, 4) is 0 Å². The molecule has 20 heavy (non-hydrogen) atoms. The average molecular weight is 284 g/mol. The summed E-state index contributed by atoms with van der Waals surface area (Å²) < 4.78 is 0. The average Bonchev–Trinajstić information content (AvgIpc) is 2.98. The number of nitrogens with two attached hydrogens (primary N) is 1. The molecule has 1 saturated heterocycles. The highest BCUT2D eigenvalue weighted by Crippen LogP contribution is 2.30. The van der Waals surface area contributed by atoms with Gasteiger partial charge in [-0.1, -0.05) is 42.5 Å². The van der Waals surface area contributed by atoms with E-state index in [4.69, 9.17) is 18.0 Å². The van der Waals surface area contributed by atoms with Crippen LogP contribution in [0.2, 0.25) is 0 Å². The summed E-state index contributed by atoms with van der Waals surface area (Å²) in [6.07, 6.45) is 2.74. The third-order valence-corrected chi connectivity index (χ3v) is 3.95. The second-order valence-electron chi connectivity index (χ2n) is 4.98. The van der Waals surface area contributed by atoms with Gasteiger partial charge in [-0.15, -0.1) is 5.10 Å². The Bertz CT molecular complexity index is 614. The van der Waals surface area contributed by atoms with E-state index in [1.165, 1.54) is 5.56 Å². The third kappa shape index (κ3) is 2.49. The van der Waals surface area contributed by atoms with Crippen molar-refractivity contribution in [1.82, 2.24) is 10.2 Å². The summed E-state index contributed by atoms with van der Waals surface area (Å²) >= 11 is 5.09. The summed E-state index contributed by atoms with van der Waals surface area (Å²) in [5.74, 6) is 1.33. The first kappa shape index (κ1) is 13.0. The van der Waals surface area contributed by atoms with E-state index in [0.717, 1.165) is 30.9 Å². The van der Waals surface area contributed by atoms with Gasteiger partial charge in [-0.05, 0) is 18.1 Å². The van der Waals surface area contributed by atoms with Crippen LogP contribution in [0, 0.1) is 0 Å². The lowest BCUT2D eigenvalue weighted by atomic mass is 9.99. The first-order valence-corrected chi connectivity index (χ1v) is 7.08. The lowest BCUT2D eigenvalue weighted by Gasteiger charge is -2.19. The standard InChI is InChI=1S/C15H16N4S/c16-14(20)13-6-8-17-18-15(13)19-9-7-12(10-19)11-4-2-1-3-5-11/h1-6,8,12H,7,9-10H2,(H2,16,20). The molecule has 1 aromatic heterocycles. The molecule has 0 spiro atoms. The van der Waals surface area contributed by atoms with Crippen LogP contribution in [0.5, 0.6) is 0 Å². The van der Waals surface area contributed by atoms with Crippen LogP contribution in [0.25, 0.3) is 0 Å². The molecule has 1 aromatic carbocycles. The first-order valence-electron chi connectivity index (χ1n) is 6.67. The summed E-state index contributed by atoms with van der Waals surface area (Å²) in [6, 6.07) is 12.4. The fraction of sp³-hybridized carbons (Fsp3) is 0.267. The minimum Gasteiger partial charge on any atom is -0.389 e. The zero-order valence-corrected chi connectivity index (χ0v) is 11.9. The van der Waals surface area contributed by atoms with Crippen LogP contribution in [0.1, 0.15) is 23.5 Å². The van der Waals surface area contributed by atoms with Gasteiger partial charge in [-0.3, -0.25) is 0 Å². The Morgan fingerprint density at radius 1 is 1.25 bits per heavy atom. The van der Waals surface area contributed by atoms with Crippen LogP contribution >= 0.6 is 12.2 Å². The number of hydrogen-bond donors (Lipinski definition) is 1. The number of anilines is 1. The molecule has 0 saturated carbocycles. The van der Waals surface area contributed by atoms with Crippen LogP contribution in [0.4, 0.5) is 5.82 Å². The number of thiocarbonyl (C=S) groups is 1. The number of benzene rings is 1. The number of rotatable bonds is 3. The second-order valence-corrected chi connectivity index (χ2v) is 5.41. The number of hydrogen-bond acceptors (Lipinski definition) is 4. The van der Waals surface area contributed by atoms with Crippen molar-refractivity contribution in [2.24, 2.45) is 5.73 Å².